The number of likely N-dealkylation sites (tertiary alicyclic amines) is 1. The third-order valence-corrected chi connectivity index (χ3v) is 5.00. The van der Waals surface area contributed by atoms with E-state index in [0.717, 1.165) is 23.5 Å². The van der Waals surface area contributed by atoms with Crippen molar-refractivity contribution in [2.75, 3.05) is 13.1 Å². The second-order valence-electron chi connectivity index (χ2n) is 6.67. The highest BCUT2D eigenvalue weighted by molar-refractivity contribution is 5.84. The van der Waals surface area contributed by atoms with E-state index in [1.165, 1.54) is 12.1 Å². The molecule has 4 rings (SSSR count). The monoisotopic (exact) mass is 353 g/mol. The summed E-state index contributed by atoms with van der Waals surface area (Å²) in [6, 6.07) is 13.7. The van der Waals surface area contributed by atoms with Crippen molar-refractivity contribution in [3.05, 3.63) is 84.0 Å². The van der Waals surface area contributed by atoms with Crippen LogP contribution >= 0.6 is 0 Å². The van der Waals surface area contributed by atoms with Gasteiger partial charge in [-0.2, -0.15) is 0 Å². The summed E-state index contributed by atoms with van der Waals surface area (Å²) in [6.07, 6.45) is 4.61. The summed E-state index contributed by atoms with van der Waals surface area (Å²) in [7, 11) is 0. The van der Waals surface area contributed by atoms with E-state index in [1.807, 2.05) is 29.2 Å². The van der Waals surface area contributed by atoms with Crippen molar-refractivity contribution in [2.45, 2.75) is 24.7 Å². The van der Waals surface area contributed by atoms with Gasteiger partial charge in [0.15, 0.2) is 0 Å². The van der Waals surface area contributed by atoms with Gasteiger partial charge in [0, 0.05) is 25.4 Å². The third kappa shape index (κ3) is 3.43. The first kappa shape index (κ1) is 16.6. The third-order valence-electron chi connectivity index (χ3n) is 5.00. The van der Waals surface area contributed by atoms with Gasteiger partial charge in [-0.15, -0.1) is 0 Å². The van der Waals surface area contributed by atoms with Crippen LogP contribution in [-0.2, 0) is 11.2 Å². The number of hydrogen-bond acceptors (Lipinski definition) is 3. The molecule has 4 nitrogen and oxygen atoms in total. The fourth-order valence-electron chi connectivity index (χ4n) is 3.61. The molecule has 1 aliphatic rings. The van der Waals surface area contributed by atoms with Gasteiger partial charge in [-0.05, 0) is 48.4 Å². The average molecular weight is 353 g/mol. The largest absolute Gasteiger partial charge is 0.469 e. The Labute approximate surface area is 151 Å². The molecular weight excluding hydrogens is 333 g/mol. The summed E-state index contributed by atoms with van der Waals surface area (Å²) in [6.45, 7) is 1.34. The van der Waals surface area contributed by atoms with Gasteiger partial charge in [0.05, 0.1) is 18.4 Å². The Hall–Kier alpha value is -2.82. The van der Waals surface area contributed by atoms with E-state index in [4.69, 9.17) is 8.83 Å². The molecule has 0 aliphatic carbocycles. The maximum absolute atomic E-state index is 13.3. The lowest BCUT2D eigenvalue weighted by molar-refractivity contribution is -0.131. The molecule has 1 fully saturated rings. The van der Waals surface area contributed by atoms with Gasteiger partial charge < -0.3 is 13.7 Å². The molecule has 26 heavy (non-hydrogen) atoms. The van der Waals surface area contributed by atoms with Crippen molar-refractivity contribution in [3.63, 3.8) is 0 Å². The van der Waals surface area contributed by atoms with E-state index >= 15 is 0 Å². The van der Waals surface area contributed by atoms with Gasteiger partial charge in [-0.1, -0.05) is 12.1 Å². The minimum Gasteiger partial charge on any atom is -0.469 e. The van der Waals surface area contributed by atoms with Crippen LogP contribution in [0.15, 0.2) is 69.9 Å². The average Bonchev–Trinajstić information content (AvgIpc) is 3.42. The highest BCUT2D eigenvalue weighted by Crippen LogP contribution is 2.31. The zero-order valence-electron chi connectivity index (χ0n) is 14.3. The summed E-state index contributed by atoms with van der Waals surface area (Å²) in [5.74, 6) is 1.24. The van der Waals surface area contributed by atoms with E-state index in [-0.39, 0.29) is 17.6 Å². The van der Waals surface area contributed by atoms with E-state index in [1.54, 1.807) is 24.7 Å². The zero-order chi connectivity index (χ0) is 17.9. The maximum atomic E-state index is 13.3. The van der Waals surface area contributed by atoms with Gasteiger partial charge in [0.1, 0.15) is 17.3 Å². The molecule has 1 aromatic carbocycles. The zero-order valence-corrected chi connectivity index (χ0v) is 14.3. The van der Waals surface area contributed by atoms with Crippen LogP contribution in [0.4, 0.5) is 4.39 Å². The molecule has 3 aromatic rings. The van der Waals surface area contributed by atoms with E-state index in [2.05, 4.69) is 0 Å². The van der Waals surface area contributed by atoms with Crippen molar-refractivity contribution < 1.29 is 18.0 Å². The van der Waals surface area contributed by atoms with Crippen LogP contribution in [0.1, 0.15) is 35.3 Å². The normalized spacial score (nSPS) is 18.2. The summed E-state index contributed by atoms with van der Waals surface area (Å²) in [5.41, 5.74) is 0.800. The maximum Gasteiger partial charge on any atom is 0.230 e. The quantitative estimate of drug-likeness (QED) is 0.685. The molecule has 0 spiro atoms. The number of amides is 1. The van der Waals surface area contributed by atoms with Gasteiger partial charge in [0.2, 0.25) is 5.91 Å². The van der Waals surface area contributed by atoms with Crippen molar-refractivity contribution in [1.29, 1.82) is 0 Å². The first-order chi connectivity index (χ1) is 12.7. The van der Waals surface area contributed by atoms with Gasteiger partial charge in [0.25, 0.3) is 0 Å². The van der Waals surface area contributed by atoms with Crippen LogP contribution in [0.2, 0.25) is 0 Å². The summed E-state index contributed by atoms with van der Waals surface area (Å²) in [4.78, 5) is 15.1. The molecule has 134 valence electrons. The molecule has 5 heteroatoms. The molecule has 1 amide bonds. The standard InChI is InChI=1S/C21H20FNO3/c22-17-7-5-15(6-8-17)19(13-18-3-1-11-25-18)21(24)23-10-9-16(14-23)20-4-2-12-26-20/h1-8,11-12,16,19H,9-10,13-14H2. The SMILES string of the molecule is O=C(C(Cc1ccco1)c1ccc(F)cc1)N1CCC(c2ccco2)C1. The van der Waals surface area contributed by atoms with E-state index < -0.39 is 5.92 Å². The second-order valence-corrected chi connectivity index (χ2v) is 6.67. The van der Waals surface area contributed by atoms with E-state index in [0.29, 0.717) is 19.5 Å². The van der Waals surface area contributed by atoms with E-state index in [9.17, 15) is 9.18 Å². The summed E-state index contributed by atoms with van der Waals surface area (Å²) < 4.78 is 24.3. The summed E-state index contributed by atoms with van der Waals surface area (Å²) in [5, 5.41) is 0. The lowest BCUT2D eigenvalue weighted by Crippen LogP contribution is -2.34. The summed E-state index contributed by atoms with van der Waals surface area (Å²) >= 11 is 0. The molecule has 0 saturated carbocycles. The predicted octanol–water partition coefficient (Wildman–Crippen LogP) is 4.35. The molecular formula is C21H20FNO3. The van der Waals surface area contributed by atoms with Crippen LogP contribution in [0, 0.1) is 5.82 Å². The highest BCUT2D eigenvalue weighted by atomic mass is 19.1. The van der Waals surface area contributed by atoms with Gasteiger partial charge >= 0.3 is 0 Å². The number of halogens is 1. The Morgan fingerprint density at radius 2 is 1.88 bits per heavy atom. The molecule has 1 aliphatic heterocycles. The molecule has 0 radical (unpaired) electrons. The number of rotatable bonds is 5. The molecule has 2 aromatic heterocycles. The van der Waals surface area contributed by atoms with Crippen molar-refractivity contribution in [2.24, 2.45) is 0 Å². The van der Waals surface area contributed by atoms with Gasteiger partial charge in [-0.3, -0.25) is 4.79 Å². The Morgan fingerprint density at radius 1 is 1.12 bits per heavy atom. The molecule has 1 saturated heterocycles. The highest BCUT2D eigenvalue weighted by Gasteiger charge is 2.33. The Kier molecular flexibility index (Phi) is 4.61. The first-order valence-corrected chi connectivity index (χ1v) is 8.81. The number of carbonyl (C=O) groups is 1. The minimum absolute atomic E-state index is 0.0436. The molecule has 2 unspecified atom stereocenters. The Bertz CT molecular complexity index is 840. The molecule has 2 atom stereocenters. The number of carbonyl (C=O) groups excluding carboxylic acids is 1. The lowest BCUT2D eigenvalue weighted by Gasteiger charge is -2.23. The van der Waals surface area contributed by atoms with Crippen molar-refractivity contribution >= 4 is 5.91 Å². The predicted molar refractivity (Wildman–Crippen MR) is 94.2 cm³/mol. The first-order valence-electron chi connectivity index (χ1n) is 8.81. The Morgan fingerprint density at radius 3 is 2.58 bits per heavy atom. The van der Waals surface area contributed by atoms with Crippen molar-refractivity contribution in [1.82, 2.24) is 4.90 Å². The van der Waals surface area contributed by atoms with Crippen LogP contribution in [0.5, 0.6) is 0 Å². The number of benzene rings is 1. The second kappa shape index (κ2) is 7.20. The van der Waals surface area contributed by atoms with Crippen LogP contribution < -0.4 is 0 Å². The van der Waals surface area contributed by atoms with Gasteiger partial charge in [-0.25, -0.2) is 4.39 Å². The number of hydrogen-bond donors (Lipinski definition) is 0. The van der Waals surface area contributed by atoms with Crippen LogP contribution in [0.25, 0.3) is 0 Å². The lowest BCUT2D eigenvalue weighted by atomic mass is 9.93. The topological polar surface area (TPSA) is 46.6 Å². The number of furan rings is 2. The fraction of sp³-hybridized carbons (Fsp3) is 0.286. The molecule has 0 N–H and O–H groups in total. The smallest absolute Gasteiger partial charge is 0.230 e. The molecule has 3 heterocycles. The molecule has 0 bridgehead atoms. The minimum atomic E-state index is -0.392. The van der Waals surface area contributed by atoms with Crippen molar-refractivity contribution in [3.8, 4) is 0 Å². The van der Waals surface area contributed by atoms with Crippen LogP contribution in [0.3, 0.4) is 0 Å². The number of nitrogens with zero attached hydrogens (tertiary/aromatic N) is 1. The van der Waals surface area contributed by atoms with Crippen LogP contribution in [-0.4, -0.2) is 23.9 Å². The fourth-order valence-corrected chi connectivity index (χ4v) is 3.61. The Balaban J connectivity index is 1.55.